The summed E-state index contributed by atoms with van der Waals surface area (Å²) in [6, 6.07) is 15.1. The van der Waals surface area contributed by atoms with E-state index in [9.17, 15) is 9.18 Å². The predicted octanol–water partition coefficient (Wildman–Crippen LogP) is 6.61. The van der Waals surface area contributed by atoms with Gasteiger partial charge in [-0.2, -0.15) is 15.2 Å². The van der Waals surface area contributed by atoms with Gasteiger partial charge in [0, 0.05) is 41.7 Å². The maximum absolute atomic E-state index is 15.0. The molecule has 0 aliphatic rings. The molecule has 0 radical (unpaired) electrons. The van der Waals surface area contributed by atoms with Gasteiger partial charge >= 0.3 is 12.0 Å². The number of pyridine rings is 1. The number of halogens is 1. The zero-order chi connectivity index (χ0) is 29.2. The number of fused-ring (bicyclic) bond motifs is 1. The van der Waals surface area contributed by atoms with Gasteiger partial charge in [-0.3, -0.25) is 15.4 Å². The third-order valence-corrected chi connectivity index (χ3v) is 6.53. The lowest BCUT2D eigenvalue weighted by Gasteiger charge is -2.13. The number of nitrogens with zero attached hydrogens (tertiary/aromatic N) is 6. The van der Waals surface area contributed by atoms with Crippen LogP contribution < -0.4 is 15.4 Å². The Balaban J connectivity index is 1.24. The van der Waals surface area contributed by atoms with E-state index in [-0.39, 0.29) is 23.4 Å². The summed E-state index contributed by atoms with van der Waals surface area (Å²) >= 11 is 0. The van der Waals surface area contributed by atoms with Crippen molar-refractivity contribution in [3.05, 3.63) is 96.5 Å². The summed E-state index contributed by atoms with van der Waals surface area (Å²) in [5, 5.41) is 17.7. The van der Waals surface area contributed by atoms with E-state index in [1.54, 1.807) is 48.5 Å². The molecule has 11 nitrogen and oxygen atoms in total. The van der Waals surface area contributed by atoms with Crippen LogP contribution in [0.5, 0.6) is 11.8 Å². The number of hydrogen-bond acceptors (Lipinski definition) is 7. The van der Waals surface area contributed by atoms with Gasteiger partial charge < -0.3 is 10.1 Å². The Kier molecular flexibility index (Phi) is 7.01. The molecule has 0 saturated heterocycles. The number of nitrogens with one attached hydrogen (secondary N) is 3. The number of ether oxygens (including phenoxy) is 1. The number of rotatable bonds is 7. The van der Waals surface area contributed by atoms with Gasteiger partial charge in [0.1, 0.15) is 17.4 Å². The van der Waals surface area contributed by atoms with Crippen LogP contribution >= 0.6 is 0 Å². The molecule has 0 unspecified atom stereocenters. The highest BCUT2D eigenvalue weighted by atomic mass is 19.1. The van der Waals surface area contributed by atoms with Crippen LogP contribution in [0.3, 0.4) is 0 Å². The van der Waals surface area contributed by atoms with Crippen molar-refractivity contribution in [1.82, 2.24) is 34.9 Å². The monoisotopic (exact) mass is 563 g/mol. The highest BCUT2D eigenvalue weighted by Crippen LogP contribution is 2.30. The number of urea groups is 1. The van der Waals surface area contributed by atoms with Crippen LogP contribution in [-0.2, 0) is 0 Å². The lowest BCUT2D eigenvalue weighted by atomic mass is 10.1. The minimum absolute atomic E-state index is 0.0644. The van der Waals surface area contributed by atoms with Crippen LogP contribution in [0.25, 0.3) is 27.8 Å². The second kappa shape index (κ2) is 11.1. The van der Waals surface area contributed by atoms with Crippen LogP contribution in [0.2, 0.25) is 0 Å². The minimum atomic E-state index is -0.652. The number of H-pyrrole nitrogens is 1. The number of aromatic amines is 1. The van der Waals surface area contributed by atoms with E-state index in [4.69, 9.17) is 9.84 Å². The molecule has 2 amide bonds. The van der Waals surface area contributed by atoms with Crippen molar-refractivity contribution in [2.75, 3.05) is 10.6 Å². The molecular weight excluding hydrogens is 537 g/mol. The molecule has 0 bridgehead atoms. The van der Waals surface area contributed by atoms with Crippen LogP contribution in [-0.4, -0.2) is 41.0 Å². The van der Waals surface area contributed by atoms with Crippen molar-refractivity contribution in [1.29, 1.82) is 0 Å². The van der Waals surface area contributed by atoms with E-state index < -0.39 is 11.8 Å². The number of hydrogen-bond donors (Lipinski definition) is 3. The summed E-state index contributed by atoms with van der Waals surface area (Å²) < 4.78 is 22.5. The second-order valence-corrected chi connectivity index (χ2v) is 9.89. The fraction of sp³-hybridized carbons (Fsp3) is 0.133. The Morgan fingerprint density at radius 2 is 1.93 bits per heavy atom. The predicted molar refractivity (Wildman–Crippen MR) is 156 cm³/mol. The van der Waals surface area contributed by atoms with Crippen molar-refractivity contribution >= 4 is 28.4 Å². The molecule has 4 heterocycles. The molecule has 6 rings (SSSR count). The molecule has 3 N–H and O–H groups in total. The molecular formula is C30H26FN9O2. The molecule has 0 saturated carbocycles. The molecule has 4 aromatic heterocycles. The molecule has 210 valence electrons. The summed E-state index contributed by atoms with van der Waals surface area (Å²) in [7, 11) is 0. The van der Waals surface area contributed by atoms with Gasteiger partial charge in [-0.25, -0.2) is 18.9 Å². The zero-order valence-electron chi connectivity index (χ0n) is 23.0. The van der Waals surface area contributed by atoms with Gasteiger partial charge in [-0.05, 0) is 54.8 Å². The molecule has 6 aromatic rings. The topological polar surface area (TPSA) is 136 Å². The summed E-state index contributed by atoms with van der Waals surface area (Å²) in [5.41, 5.74) is 4.16. The molecule has 0 aliphatic heterocycles. The molecule has 12 heteroatoms. The summed E-state index contributed by atoms with van der Waals surface area (Å²) in [6.45, 7) is 5.71. The van der Waals surface area contributed by atoms with Gasteiger partial charge in [0.15, 0.2) is 0 Å². The molecule has 0 aliphatic carbocycles. The van der Waals surface area contributed by atoms with Gasteiger partial charge in [0.2, 0.25) is 0 Å². The molecule has 0 spiro atoms. The van der Waals surface area contributed by atoms with E-state index in [2.05, 4.69) is 35.8 Å². The molecule has 0 fully saturated rings. The van der Waals surface area contributed by atoms with E-state index in [0.29, 0.717) is 17.1 Å². The number of aromatic nitrogens is 7. The minimum Gasteiger partial charge on any atom is -0.424 e. The van der Waals surface area contributed by atoms with Crippen LogP contribution in [0.1, 0.15) is 31.0 Å². The Hall–Kier alpha value is -5.65. The van der Waals surface area contributed by atoms with E-state index in [0.717, 1.165) is 27.8 Å². The van der Waals surface area contributed by atoms with Crippen LogP contribution in [0.15, 0.2) is 79.4 Å². The number of aryl methyl sites for hydroxylation is 1. The Morgan fingerprint density at radius 3 is 2.74 bits per heavy atom. The molecule has 0 atom stereocenters. The average molecular weight is 564 g/mol. The van der Waals surface area contributed by atoms with Crippen LogP contribution in [0, 0.1) is 12.7 Å². The highest BCUT2D eigenvalue weighted by molar-refractivity contribution is 5.99. The average Bonchev–Trinajstić information content (AvgIpc) is 3.67. The summed E-state index contributed by atoms with van der Waals surface area (Å²) in [4.78, 5) is 26.0. The number of carbonyl (C=O) groups is 1. The Bertz CT molecular complexity index is 1900. The smallest absolute Gasteiger partial charge is 0.324 e. The first-order valence-electron chi connectivity index (χ1n) is 13.2. The van der Waals surface area contributed by atoms with Crippen LogP contribution in [0.4, 0.5) is 20.7 Å². The third kappa shape index (κ3) is 5.50. The van der Waals surface area contributed by atoms with Crippen molar-refractivity contribution < 1.29 is 13.9 Å². The lowest BCUT2D eigenvalue weighted by molar-refractivity contribution is 0.262. The summed E-state index contributed by atoms with van der Waals surface area (Å²) in [5.74, 6) is 0.197. The maximum atomic E-state index is 15.0. The van der Waals surface area contributed by atoms with Gasteiger partial charge in [-0.15, -0.1) is 0 Å². The fourth-order valence-electron chi connectivity index (χ4n) is 4.33. The van der Waals surface area contributed by atoms with E-state index >= 15 is 0 Å². The number of carbonyl (C=O) groups excluding carboxylic acids is 1. The summed E-state index contributed by atoms with van der Waals surface area (Å²) in [6.07, 6.45) is 6.61. The first-order valence-corrected chi connectivity index (χ1v) is 13.2. The maximum Gasteiger partial charge on any atom is 0.324 e. The number of amides is 2. The highest BCUT2D eigenvalue weighted by Gasteiger charge is 2.18. The Morgan fingerprint density at radius 1 is 1.05 bits per heavy atom. The van der Waals surface area contributed by atoms with E-state index in [1.165, 1.54) is 12.1 Å². The van der Waals surface area contributed by atoms with Crippen molar-refractivity contribution in [3.8, 4) is 28.7 Å². The van der Waals surface area contributed by atoms with Gasteiger partial charge in [0.05, 0.1) is 34.5 Å². The normalized spacial score (nSPS) is 11.2. The standard InChI is InChI=1S/C30H26FN9O2/c1-17(2)25-14-28(40(39-25)21-6-7-23-19(12-21)5-4-9-32-23)38-29(41)36-26-13-27(18(3)11-22(26)31)42-30-33-10-8-24(37-30)20-15-34-35-16-20/h4-17H,1-3H3,(H,34,35)(H2,36,38,41). The molecule has 2 aromatic carbocycles. The zero-order valence-corrected chi connectivity index (χ0v) is 23.0. The Labute approximate surface area is 239 Å². The van der Waals surface area contributed by atoms with Gasteiger partial charge in [0.25, 0.3) is 0 Å². The number of anilines is 2. The number of benzene rings is 2. The largest absolute Gasteiger partial charge is 0.424 e. The van der Waals surface area contributed by atoms with Gasteiger partial charge in [-0.1, -0.05) is 19.9 Å². The van der Waals surface area contributed by atoms with Crippen molar-refractivity contribution in [3.63, 3.8) is 0 Å². The fourth-order valence-corrected chi connectivity index (χ4v) is 4.33. The SMILES string of the molecule is Cc1cc(F)c(NC(=O)Nc2cc(C(C)C)nn2-c2ccc3ncccc3c2)cc1Oc1nccc(-c2cn[nH]c2)n1. The second-order valence-electron chi connectivity index (χ2n) is 9.89. The van der Waals surface area contributed by atoms with E-state index in [1.807, 2.05) is 44.2 Å². The third-order valence-electron chi connectivity index (χ3n) is 6.53. The molecule has 42 heavy (non-hydrogen) atoms. The van der Waals surface area contributed by atoms with Crippen molar-refractivity contribution in [2.45, 2.75) is 26.7 Å². The van der Waals surface area contributed by atoms with Crippen molar-refractivity contribution in [2.24, 2.45) is 0 Å². The lowest BCUT2D eigenvalue weighted by Crippen LogP contribution is -2.22. The first kappa shape index (κ1) is 26.6. The first-order chi connectivity index (χ1) is 20.3. The quantitative estimate of drug-likeness (QED) is 0.199.